The average Bonchev–Trinajstić information content (AvgIpc) is 2.76. The highest BCUT2D eigenvalue weighted by Gasteiger charge is 2.27. The van der Waals surface area contributed by atoms with Crippen LogP contribution in [0.1, 0.15) is 19.3 Å². The van der Waals surface area contributed by atoms with E-state index in [1.807, 2.05) is 7.05 Å². The molecule has 0 aromatic carbocycles. The normalized spacial score (nSPS) is 28.1. The zero-order valence-electron chi connectivity index (χ0n) is 7.66. The first-order valence-electron chi connectivity index (χ1n) is 4.59. The molecule has 0 radical (unpaired) electrons. The maximum absolute atomic E-state index is 4.12. The average molecular weight is 198 g/mol. The van der Waals surface area contributed by atoms with E-state index in [-0.39, 0.29) is 0 Å². The fraction of sp³-hybridized carbons (Fsp3) is 0.750. The summed E-state index contributed by atoms with van der Waals surface area (Å²) in [5, 5.41) is 11.7. The quantitative estimate of drug-likeness (QED) is 0.762. The molecule has 0 aliphatic heterocycles. The van der Waals surface area contributed by atoms with Crippen molar-refractivity contribution in [1.29, 1.82) is 0 Å². The molecule has 1 saturated carbocycles. The molecule has 13 heavy (non-hydrogen) atoms. The summed E-state index contributed by atoms with van der Waals surface area (Å²) in [7, 11) is 2.03. The predicted molar refractivity (Wildman–Crippen MR) is 52.7 cm³/mol. The minimum absolute atomic E-state index is 0.634. The Labute approximate surface area is 81.9 Å². The van der Waals surface area contributed by atoms with Crippen molar-refractivity contribution in [2.75, 3.05) is 7.05 Å². The van der Waals surface area contributed by atoms with Crippen LogP contribution in [0, 0.1) is 0 Å². The molecule has 0 amide bonds. The van der Waals surface area contributed by atoms with Gasteiger partial charge in [0.05, 0.1) is 0 Å². The van der Waals surface area contributed by atoms with Crippen LogP contribution in [-0.2, 0) is 0 Å². The van der Waals surface area contributed by atoms with Gasteiger partial charge in [0.15, 0.2) is 5.16 Å². The number of aromatic nitrogens is 3. The second kappa shape index (κ2) is 4.11. The summed E-state index contributed by atoms with van der Waals surface area (Å²) >= 11 is 1.80. The molecule has 1 aliphatic carbocycles. The lowest BCUT2D eigenvalue weighted by Gasteiger charge is -2.16. The molecule has 1 heterocycles. The van der Waals surface area contributed by atoms with E-state index in [1.54, 1.807) is 18.1 Å². The van der Waals surface area contributed by atoms with Crippen LogP contribution >= 0.6 is 11.8 Å². The number of aromatic amines is 1. The molecule has 1 aromatic heterocycles. The zero-order chi connectivity index (χ0) is 9.10. The monoisotopic (exact) mass is 198 g/mol. The van der Waals surface area contributed by atoms with Gasteiger partial charge < -0.3 is 5.32 Å². The van der Waals surface area contributed by atoms with E-state index in [1.165, 1.54) is 19.3 Å². The van der Waals surface area contributed by atoms with Crippen molar-refractivity contribution in [3.05, 3.63) is 6.33 Å². The Morgan fingerprint density at radius 2 is 2.54 bits per heavy atom. The van der Waals surface area contributed by atoms with E-state index in [0.717, 1.165) is 5.16 Å². The van der Waals surface area contributed by atoms with Gasteiger partial charge in [-0.15, -0.1) is 0 Å². The highest BCUT2D eigenvalue weighted by Crippen LogP contribution is 2.32. The Morgan fingerprint density at radius 3 is 3.23 bits per heavy atom. The highest BCUT2D eigenvalue weighted by atomic mass is 32.2. The lowest BCUT2D eigenvalue weighted by molar-refractivity contribution is 0.591. The summed E-state index contributed by atoms with van der Waals surface area (Å²) in [4.78, 5) is 4.12. The van der Waals surface area contributed by atoms with Gasteiger partial charge in [0.1, 0.15) is 6.33 Å². The maximum Gasteiger partial charge on any atom is 0.183 e. The van der Waals surface area contributed by atoms with Crippen molar-refractivity contribution in [2.24, 2.45) is 0 Å². The first-order chi connectivity index (χ1) is 6.40. The van der Waals surface area contributed by atoms with Crippen molar-refractivity contribution in [1.82, 2.24) is 20.5 Å². The molecule has 4 nitrogen and oxygen atoms in total. The summed E-state index contributed by atoms with van der Waals surface area (Å²) in [6.45, 7) is 0. The molecule has 2 atom stereocenters. The van der Waals surface area contributed by atoms with E-state index in [2.05, 4.69) is 20.5 Å². The second-order valence-electron chi connectivity index (χ2n) is 3.27. The van der Waals surface area contributed by atoms with Crippen molar-refractivity contribution >= 4 is 11.8 Å². The zero-order valence-corrected chi connectivity index (χ0v) is 8.47. The fourth-order valence-corrected chi connectivity index (χ4v) is 3.01. The molecule has 2 rings (SSSR count). The smallest absolute Gasteiger partial charge is 0.183 e. The summed E-state index contributed by atoms with van der Waals surface area (Å²) in [6.07, 6.45) is 5.43. The topological polar surface area (TPSA) is 53.6 Å². The van der Waals surface area contributed by atoms with Gasteiger partial charge in [0.25, 0.3) is 0 Å². The SMILES string of the molecule is CNC1CCCC1Sc1ncn[nH]1. The van der Waals surface area contributed by atoms with Crippen LogP contribution in [0.3, 0.4) is 0 Å². The number of thioether (sulfide) groups is 1. The molecule has 1 aromatic rings. The highest BCUT2D eigenvalue weighted by molar-refractivity contribution is 7.99. The number of H-pyrrole nitrogens is 1. The Balaban J connectivity index is 1.94. The third-order valence-corrected chi connectivity index (χ3v) is 3.77. The van der Waals surface area contributed by atoms with Crippen molar-refractivity contribution < 1.29 is 0 Å². The molecule has 5 heteroatoms. The van der Waals surface area contributed by atoms with Crippen LogP contribution in [0.4, 0.5) is 0 Å². The van der Waals surface area contributed by atoms with Gasteiger partial charge in [-0.25, -0.2) is 4.98 Å². The third kappa shape index (κ3) is 2.03. The maximum atomic E-state index is 4.12. The van der Waals surface area contributed by atoms with E-state index >= 15 is 0 Å². The summed E-state index contributed by atoms with van der Waals surface area (Å²) in [5.41, 5.74) is 0. The van der Waals surface area contributed by atoms with Gasteiger partial charge in [-0.1, -0.05) is 18.2 Å². The largest absolute Gasteiger partial charge is 0.316 e. The van der Waals surface area contributed by atoms with Crippen LogP contribution in [0.15, 0.2) is 11.5 Å². The van der Waals surface area contributed by atoms with Gasteiger partial charge in [0.2, 0.25) is 0 Å². The minimum atomic E-state index is 0.634. The summed E-state index contributed by atoms with van der Waals surface area (Å²) in [6, 6.07) is 0.634. The molecule has 2 unspecified atom stereocenters. The second-order valence-corrected chi connectivity index (χ2v) is 4.50. The standard InChI is InChI=1S/C8H14N4S/c1-9-6-3-2-4-7(6)13-8-10-5-11-12-8/h5-7,9H,2-4H2,1H3,(H,10,11,12). The predicted octanol–water partition coefficient (Wildman–Crippen LogP) is 1.04. The van der Waals surface area contributed by atoms with Crippen LogP contribution in [0.5, 0.6) is 0 Å². The Kier molecular flexibility index (Phi) is 2.85. The lowest BCUT2D eigenvalue weighted by Crippen LogP contribution is -2.30. The number of nitrogens with one attached hydrogen (secondary N) is 2. The number of rotatable bonds is 3. The molecule has 1 fully saturated rings. The van der Waals surface area contributed by atoms with Crippen LogP contribution in [0.2, 0.25) is 0 Å². The Bertz CT molecular complexity index is 249. The first-order valence-corrected chi connectivity index (χ1v) is 5.47. The van der Waals surface area contributed by atoms with E-state index in [4.69, 9.17) is 0 Å². The third-order valence-electron chi connectivity index (χ3n) is 2.48. The van der Waals surface area contributed by atoms with Crippen LogP contribution in [-0.4, -0.2) is 33.5 Å². The molecule has 0 saturated heterocycles. The van der Waals surface area contributed by atoms with Gasteiger partial charge >= 0.3 is 0 Å². The first kappa shape index (κ1) is 9.02. The number of hydrogen-bond donors (Lipinski definition) is 2. The van der Waals surface area contributed by atoms with Gasteiger partial charge in [0, 0.05) is 11.3 Å². The number of hydrogen-bond acceptors (Lipinski definition) is 4. The van der Waals surface area contributed by atoms with E-state index in [9.17, 15) is 0 Å². The molecule has 72 valence electrons. The molecular weight excluding hydrogens is 184 g/mol. The van der Waals surface area contributed by atoms with Crippen molar-refractivity contribution in [3.8, 4) is 0 Å². The molecule has 0 spiro atoms. The summed E-state index contributed by atoms with van der Waals surface area (Å²) in [5.74, 6) is 0. The van der Waals surface area contributed by atoms with Crippen molar-refractivity contribution in [2.45, 2.75) is 35.7 Å². The van der Waals surface area contributed by atoms with Gasteiger partial charge in [-0.3, -0.25) is 5.10 Å². The molecule has 2 N–H and O–H groups in total. The minimum Gasteiger partial charge on any atom is -0.316 e. The van der Waals surface area contributed by atoms with Gasteiger partial charge in [-0.05, 0) is 19.9 Å². The van der Waals surface area contributed by atoms with Crippen molar-refractivity contribution in [3.63, 3.8) is 0 Å². The van der Waals surface area contributed by atoms with E-state index < -0.39 is 0 Å². The fourth-order valence-electron chi connectivity index (χ4n) is 1.79. The van der Waals surface area contributed by atoms with Gasteiger partial charge in [-0.2, -0.15) is 5.10 Å². The Hall–Kier alpha value is -0.550. The molecular formula is C8H14N4S. The van der Waals surface area contributed by atoms with Crippen LogP contribution < -0.4 is 5.32 Å². The lowest BCUT2D eigenvalue weighted by atomic mass is 10.2. The molecule has 1 aliphatic rings. The Morgan fingerprint density at radius 1 is 1.62 bits per heavy atom. The number of nitrogens with zero attached hydrogens (tertiary/aromatic N) is 2. The molecule has 0 bridgehead atoms. The summed E-state index contributed by atoms with van der Waals surface area (Å²) < 4.78 is 0. The van der Waals surface area contributed by atoms with E-state index in [0.29, 0.717) is 11.3 Å². The van der Waals surface area contributed by atoms with Crippen LogP contribution in [0.25, 0.3) is 0 Å².